The average molecular weight is 232 g/mol. The van der Waals surface area contributed by atoms with Gasteiger partial charge in [-0.1, -0.05) is 18.2 Å². The van der Waals surface area contributed by atoms with Gasteiger partial charge >= 0.3 is 5.97 Å². The topological polar surface area (TPSA) is 66.8 Å². The van der Waals surface area contributed by atoms with E-state index >= 15 is 0 Å². The van der Waals surface area contributed by atoms with Gasteiger partial charge < -0.3 is 14.9 Å². The lowest BCUT2D eigenvalue weighted by Crippen LogP contribution is -2.09. The second-order valence-electron chi connectivity index (χ2n) is 3.68. The number of rotatable bonds is 4. The number of ether oxygens (including phenoxy) is 1. The molecular weight excluding hydrogens is 220 g/mol. The van der Waals surface area contributed by atoms with Crippen LogP contribution in [0.25, 0.3) is 10.8 Å². The first-order valence-corrected chi connectivity index (χ1v) is 5.17. The van der Waals surface area contributed by atoms with Crippen LogP contribution in [0.3, 0.4) is 0 Å². The van der Waals surface area contributed by atoms with Crippen molar-refractivity contribution in [2.45, 2.75) is 6.61 Å². The molecule has 4 nitrogen and oxygen atoms in total. The SMILES string of the molecule is O=C(O)COc1ccc2cc(CO)ccc2c1. The van der Waals surface area contributed by atoms with Crippen LogP contribution in [0.4, 0.5) is 0 Å². The minimum atomic E-state index is -0.999. The Morgan fingerprint density at radius 1 is 1.12 bits per heavy atom. The first-order valence-electron chi connectivity index (χ1n) is 5.17. The predicted molar refractivity (Wildman–Crippen MR) is 63.0 cm³/mol. The molecule has 0 aromatic heterocycles. The van der Waals surface area contributed by atoms with Crippen LogP contribution in [-0.4, -0.2) is 22.8 Å². The van der Waals surface area contributed by atoms with Crippen LogP contribution >= 0.6 is 0 Å². The molecule has 0 heterocycles. The van der Waals surface area contributed by atoms with Crippen molar-refractivity contribution in [3.63, 3.8) is 0 Å². The number of carboxylic acids is 1. The summed E-state index contributed by atoms with van der Waals surface area (Å²) < 4.78 is 5.08. The van der Waals surface area contributed by atoms with E-state index in [0.29, 0.717) is 5.75 Å². The number of hydrogen-bond donors (Lipinski definition) is 2. The van der Waals surface area contributed by atoms with Crippen LogP contribution in [0.15, 0.2) is 36.4 Å². The number of aliphatic hydroxyl groups excluding tert-OH is 1. The van der Waals surface area contributed by atoms with E-state index in [1.54, 1.807) is 12.1 Å². The zero-order chi connectivity index (χ0) is 12.3. The molecule has 0 amide bonds. The molecule has 4 heteroatoms. The van der Waals surface area contributed by atoms with Crippen LogP contribution in [0.1, 0.15) is 5.56 Å². The molecule has 0 aliphatic carbocycles. The van der Waals surface area contributed by atoms with Crippen molar-refractivity contribution in [1.82, 2.24) is 0 Å². The Morgan fingerprint density at radius 3 is 2.53 bits per heavy atom. The smallest absolute Gasteiger partial charge is 0.341 e. The highest BCUT2D eigenvalue weighted by molar-refractivity contribution is 5.84. The predicted octanol–water partition coefficient (Wildman–Crippen LogP) is 1.80. The average Bonchev–Trinajstić information content (AvgIpc) is 2.35. The van der Waals surface area contributed by atoms with E-state index in [4.69, 9.17) is 14.9 Å². The van der Waals surface area contributed by atoms with Crippen LogP contribution in [-0.2, 0) is 11.4 Å². The molecule has 2 aromatic carbocycles. The van der Waals surface area contributed by atoms with Crippen molar-refractivity contribution in [2.75, 3.05) is 6.61 Å². The zero-order valence-corrected chi connectivity index (χ0v) is 9.09. The van der Waals surface area contributed by atoms with E-state index in [1.807, 2.05) is 24.3 Å². The van der Waals surface area contributed by atoms with E-state index in [9.17, 15) is 4.79 Å². The summed E-state index contributed by atoms with van der Waals surface area (Å²) in [5, 5.41) is 19.4. The summed E-state index contributed by atoms with van der Waals surface area (Å²) in [6.07, 6.45) is 0. The Balaban J connectivity index is 2.28. The van der Waals surface area contributed by atoms with E-state index < -0.39 is 5.97 Å². The molecule has 0 spiro atoms. The van der Waals surface area contributed by atoms with Crippen LogP contribution in [0, 0.1) is 0 Å². The lowest BCUT2D eigenvalue weighted by molar-refractivity contribution is -0.139. The molecule has 0 unspecified atom stereocenters. The highest BCUT2D eigenvalue weighted by atomic mass is 16.5. The van der Waals surface area contributed by atoms with Gasteiger partial charge in [-0.15, -0.1) is 0 Å². The second-order valence-corrected chi connectivity index (χ2v) is 3.68. The van der Waals surface area contributed by atoms with Crippen LogP contribution in [0.2, 0.25) is 0 Å². The minimum absolute atomic E-state index is 0.00715. The standard InChI is InChI=1S/C13H12O4/c14-7-9-1-2-11-6-12(17-8-13(15)16)4-3-10(11)5-9/h1-6,14H,7-8H2,(H,15,16). The van der Waals surface area contributed by atoms with Crippen molar-refractivity contribution in [3.8, 4) is 5.75 Å². The Bertz CT molecular complexity index is 548. The highest BCUT2D eigenvalue weighted by Gasteiger charge is 2.01. The molecule has 2 rings (SSSR count). The Labute approximate surface area is 98.1 Å². The van der Waals surface area contributed by atoms with E-state index in [0.717, 1.165) is 16.3 Å². The van der Waals surface area contributed by atoms with Gasteiger partial charge in [0, 0.05) is 0 Å². The zero-order valence-electron chi connectivity index (χ0n) is 9.09. The molecule has 88 valence electrons. The van der Waals surface area contributed by atoms with E-state index in [2.05, 4.69) is 0 Å². The molecule has 0 atom stereocenters. The largest absolute Gasteiger partial charge is 0.482 e. The molecular formula is C13H12O4. The summed E-state index contributed by atoms with van der Waals surface area (Å²) in [5.41, 5.74) is 0.844. The normalized spacial score (nSPS) is 10.4. The molecule has 0 saturated heterocycles. The van der Waals surface area contributed by atoms with E-state index in [1.165, 1.54) is 0 Å². The summed E-state index contributed by atoms with van der Waals surface area (Å²) in [7, 11) is 0. The molecule has 17 heavy (non-hydrogen) atoms. The fourth-order valence-electron chi connectivity index (χ4n) is 1.61. The summed E-state index contributed by atoms with van der Waals surface area (Å²) in [5.74, 6) is -0.475. The summed E-state index contributed by atoms with van der Waals surface area (Å²) in [6, 6.07) is 10.9. The summed E-state index contributed by atoms with van der Waals surface area (Å²) >= 11 is 0. The first-order chi connectivity index (χ1) is 8.19. The van der Waals surface area contributed by atoms with Gasteiger partial charge in [-0.25, -0.2) is 4.79 Å². The third-order valence-electron chi connectivity index (χ3n) is 2.42. The third kappa shape index (κ3) is 2.73. The maximum Gasteiger partial charge on any atom is 0.341 e. The highest BCUT2D eigenvalue weighted by Crippen LogP contribution is 2.22. The molecule has 0 aliphatic rings. The maximum atomic E-state index is 10.4. The molecule has 0 fully saturated rings. The molecule has 0 bridgehead atoms. The second kappa shape index (κ2) is 4.84. The number of fused-ring (bicyclic) bond motifs is 1. The number of aliphatic hydroxyl groups is 1. The molecule has 2 aromatic rings. The number of carbonyl (C=O) groups is 1. The summed E-state index contributed by atoms with van der Waals surface area (Å²) in [6.45, 7) is -0.340. The molecule has 2 N–H and O–H groups in total. The Morgan fingerprint density at radius 2 is 1.82 bits per heavy atom. The fraction of sp³-hybridized carbons (Fsp3) is 0.154. The number of carboxylic acid groups (broad SMARTS) is 1. The Kier molecular flexibility index (Phi) is 3.25. The van der Waals surface area contributed by atoms with Crippen molar-refractivity contribution >= 4 is 16.7 Å². The lowest BCUT2D eigenvalue weighted by atomic mass is 10.1. The van der Waals surface area contributed by atoms with Gasteiger partial charge in [0.1, 0.15) is 5.75 Å². The molecule has 0 radical (unpaired) electrons. The fourth-order valence-corrected chi connectivity index (χ4v) is 1.61. The van der Waals surface area contributed by atoms with Crippen molar-refractivity contribution in [2.24, 2.45) is 0 Å². The van der Waals surface area contributed by atoms with Gasteiger partial charge in [-0.2, -0.15) is 0 Å². The van der Waals surface area contributed by atoms with Gasteiger partial charge in [0.25, 0.3) is 0 Å². The minimum Gasteiger partial charge on any atom is -0.482 e. The van der Waals surface area contributed by atoms with Crippen LogP contribution in [0.5, 0.6) is 5.75 Å². The van der Waals surface area contributed by atoms with Crippen molar-refractivity contribution in [1.29, 1.82) is 0 Å². The Hall–Kier alpha value is -2.07. The maximum absolute atomic E-state index is 10.4. The molecule has 0 aliphatic heterocycles. The first kappa shape index (κ1) is 11.4. The van der Waals surface area contributed by atoms with Gasteiger partial charge in [0.15, 0.2) is 6.61 Å². The summed E-state index contributed by atoms with van der Waals surface area (Å²) in [4.78, 5) is 10.4. The number of aliphatic carboxylic acids is 1. The molecule has 0 saturated carbocycles. The number of benzene rings is 2. The van der Waals surface area contributed by atoms with Crippen molar-refractivity contribution < 1.29 is 19.7 Å². The van der Waals surface area contributed by atoms with Crippen LogP contribution < -0.4 is 4.74 Å². The van der Waals surface area contributed by atoms with Gasteiger partial charge in [0.2, 0.25) is 0 Å². The van der Waals surface area contributed by atoms with Gasteiger partial charge in [-0.05, 0) is 34.5 Å². The monoisotopic (exact) mass is 232 g/mol. The quantitative estimate of drug-likeness (QED) is 0.843. The number of hydrogen-bond acceptors (Lipinski definition) is 3. The van der Waals surface area contributed by atoms with Gasteiger partial charge in [0.05, 0.1) is 6.61 Å². The third-order valence-corrected chi connectivity index (χ3v) is 2.42. The van der Waals surface area contributed by atoms with Crippen molar-refractivity contribution in [3.05, 3.63) is 42.0 Å². The lowest BCUT2D eigenvalue weighted by Gasteiger charge is -2.05. The van der Waals surface area contributed by atoms with Gasteiger partial charge in [-0.3, -0.25) is 0 Å². The van der Waals surface area contributed by atoms with E-state index in [-0.39, 0.29) is 13.2 Å².